The van der Waals surface area contributed by atoms with Crippen LogP contribution in [0.1, 0.15) is 69.4 Å². The summed E-state index contributed by atoms with van der Waals surface area (Å²) in [6.45, 7) is 1.79. The normalized spacial score (nSPS) is 16.1. The van der Waals surface area contributed by atoms with E-state index in [-0.39, 0.29) is 12.1 Å². The Morgan fingerprint density at radius 3 is 1.04 bits per heavy atom. The molecule has 0 amide bonds. The molecule has 0 saturated heterocycles. The summed E-state index contributed by atoms with van der Waals surface area (Å²) in [6.07, 6.45) is 7.31. The summed E-state index contributed by atoms with van der Waals surface area (Å²) in [5.74, 6) is 6.00. The largest absolute Gasteiger partial charge is 0.493 e. The smallest absolute Gasteiger partial charge is 0.161 e. The molecule has 290 valence electrons. The number of hydrogen-bond donors (Lipinski definition) is 2. The standard InChI is InChI=1S/C44H56N2O8/c1-47-37-19-27(31(23-41(37)51-5)17-35-33-25-43(53-7)39(49-3)21-29(33)13-15-45-35)11-9-10-12-28-20-38(48-2)42(52-6)24-32(28)18-36-34-26-44(54-8)40(50-4)22-30(34)14-16-46-36/h19-26,35-36,45-46H,9-18H2,1-8H3/t35-,36-/m0/s1. The van der Waals surface area contributed by atoms with Gasteiger partial charge in [-0.25, -0.2) is 0 Å². The molecule has 54 heavy (non-hydrogen) atoms. The molecule has 10 heteroatoms. The number of nitrogens with one attached hydrogen (secondary N) is 2. The monoisotopic (exact) mass is 740 g/mol. The van der Waals surface area contributed by atoms with Gasteiger partial charge in [0.2, 0.25) is 0 Å². The lowest BCUT2D eigenvalue weighted by atomic mass is 9.87. The molecule has 0 radical (unpaired) electrons. The third-order valence-electron chi connectivity index (χ3n) is 11.0. The van der Waals surface area contributed by atoms with Gasteiger partial charge in [-0.1, -0.05) is 0 Å². The molecule has 0 saturated carbocycles. The van der Waals surface area contributed by atoms with E-state index in [1.807, 2.05) is 0 Å². The fourth-order valence-electron chi connectivity index (χ4n) is 8.14. The molecule has 4 aromatic rings. The average molecular weight is 741 g/mol. The van der Waals surface area contributed by atoms with E-state index in [1.54, 1.807) is 56.9 Å². The van der Waals surface area contributed by atoms with E-state index >= 15 is 0 Å². The minimum Gasteiger partial charge on any atom is -0.493 e. The Bertz CT molecular complexity index is 1770. The lowest BCUT2D eigenvalue weighted by Crippen LogP contribution is -2.31. The molecule has 0 unspecified atom stereocenters. The molecule has 2 aliphatic heterocycles. The van der Waals surface area contributed by atoms with Crippen LogP contribution in [0.25, 0.3) is 0 Å². The summed E-state index contributed by atoms with van der Waals surface area (Å²) in [6, 6.07) is 17.4. The first-order valence-corrected chi connectivity index (χ1v) is 18.8. The first-order chi connectivity index (χ1) is 26.4. The van der Waals surface area contributed by atoms with Crippen LogP contribution in [-0.4, -0.2) is 70.0 Å². The quantitative estimate of drug-likeness (QED) is 0.108. The zero-order valence-electron chi connectivity index (χ0n) is 33.1. The van der Waals surface area contributed by atoms with Crippen molar-refractivity contribution < 1.29 is 37.9 Å². The Morgan fingerprint density at radius 1 is 0.407 bits per heavy atom. The van der Waals surface area contributed by atoms with Crippen LogP contribution in [0.15, 0.2) is 48.5 Å². The summed E-state index contributed by atoms with van der Waals surface area (Å²) >= 11 is 0. The maximum atomic E-state index is 5.78. The zero-order chi connectivity index (χ0) is 38.2. The molecule has 0 spiro atoms. The van der Waals surface area contributed by atoms with Crippen molar-refractivity contribution in [2.75, 3.05) is 70.0 Å². The van der Waals surface area contributed by atoms with Crippen molar-refractivity contribution in [1.82, 2.24) is 10.6 Å². The minimum atomic E-state index is 0.124. The highest BCUT2D eigenvalue weighted by molar-refractivity contribution is 5.53. The van der Waals surface area contributed by atoms with Gasteiger partial charge in [0.05, 0.1) is 56.9 Å². The Hall–Kier alpha value is -4.80. The predicted molar refractivity (Wildman–Crippen MR) is 211 cm³/mol. The van der Waals surface area contributed by atoms with Gasteiger partial charge in [-0.05, 0) is 157 Å². The number of rotatable bonds is 17. The number of ether oxygens (including phenoxy) is 8. The van der Waals surface area contributed by atoms with E-state index in [9.17, 15) is 0 Å². The van der Waals surface area contributed by atoms with Gasteiger partial charge >= 0.3 is 0 Å². The average Bonchev–Trinajstić information content (AvgIpc) is 3.21. The van der Waals surface area contributed by atoms with Crippen LogP contribution in [-0.2, 0) is 38.5 Å². The lowest BCUT2D eigenvalue weighted by Gasteiger charge is -2.29. The van der Waals surface area contributed by atoms with Crippen molar-refractivity contribution in [2.45, 2.75) is 63.5 Å². The van der Waals surface area contributed by atoms with E-state index in [0.29, 0.717) is 0 Å². The van der Waals surface area contributed by atoms with E-state index in [2.05, 4.69) is 59.2 Å². The third-order valence-corrected chi connectivity index (χ3v) is 11.0. The van der Waals surface area contributed by atoms with Crippen LogP contribution in [0, 0.1) is 0 Å². The Labute approximate surface area is 320 Å². The molecule has 0 aromatic heterocycles. The molecule has 2 heterocycles. The highest BCUT2D eigenvalue weighted by Crippen LogP contribution is 2.41. The van der Waals surface area contributed by atoms with Gasteiger partial charge in [-0.3, -0.25) is 0 Å². The highest BCUT2D eigenvalue weighted by atomic mass is 16.5. The van der Waals surface area contributed by atoms with E-state index in [0.717, 1.165) is 110 Å². The minimum absolute atomic E-state index is 0.124. The highest BCUT2D eigenvalue weighted by Gasteiger charge is 2.26. The van der Waals surface area contributed by atoms with E-state index in [4.69, 9.17) is 37.9 Å². The molecule has 2 atom stereocenters. The van der Waals surface area contributed by atoms with Crippen LogP contribution in [0.2, 0.25) is 0 Å². The van der Waals surface area contributed by atoms with Gasteiger partial charge < -0.3 is 48.5 Å². The van der Waals surface area contributed by atoms with Crippen LogP contribution >= 0.6 is 0 Å². The molecule has 6 rings (SSSR count). The molecular weight excluding hydrogens is 684 g/mol. The van der Waals surface area contributed by atoms with Gasteiger partial charge in [0.1, 0.15) is 0 Å². The molecule has 4 aromatic carbocycles. The molecule has 2 aliphatic rings. The maximum absolute atomic E-state index is 5.78. The second-order valence-electron chi connectivity index (χ2n) is 13.9. The Balaban J connectivity index is 1.23. The second-order valence-corrected chi connectivity index (χ2v) is 13.9. The van der Waals surface area contributed by atoms with Crippen molar-refractivity contribution in [3.8, 4) is 46.0 Å². The van der Waals surface area contributed by atoms with Gasteiger partial charge in [-0.2, -0.15) is 0 Å². The van der Waals surface area contributed by atoms with Crippen molar-refractivity contribution in [3.05, 3.63) is 93.0 Å². The summed E-state index contributed by atoms with van der Waals surface area (Å²) in [5.41, 5.74) is 10.1. The number of aryl methyl sites for hydroxylation is 2. The van der Waals surface area contributed by atoms with Gasteiger partial charge in [-0.15, -0.1) is 0 Å². The summed E-state index contributed by atoms with van der Waals surface area (Å²) < 4.78 is 45.7. The summed E-state index contributed by atoms with van der Waals surface area (Å²) in [4.78, 5) is 0. The number of methoxy groups -OCH3 is 8. The second kappa shape index (κ2) is 18.0. The fraction of sp³-hybridized carbons (Fsp3) is 0.455. The maximum Gasteiger partial charge on any atom is 0.161 e. The number of benzene rings is 4. The molecule has 0 fully saturated rings. The molecule has 0 aliphatic carbocycles. The van der Waals surface area contributed by atoms with Crippen molar-refractivity contribution >= 4 is 0 Å². The number of unbranched alkanes of at least 4 members (excludes halogenated alkanes) is 1. The first kappa shape index (κ1) is 38.9. The van der Waals surface area contributed by atoms with Crippen molar-refractivity contribution in [3.63, 3.8) is 0 Å². The van der Waals surface area contributed by atoms with Gasteiger partial charge in [0.15, 0.2) is 46.0 Å². The molecule has 2 N–H and O–H groups in total. The first-order valence-electron chi connectivity index (χ1n) is 18.8. The number of hydrogen-bond acceptors (Lipinski definition) is 10. The topological polar surface area (TPSA) is 97.9 Å². The fourth-order valence-corrected chi connectivity index (χ4v) is 8.14. The molecular formula is C44H56N2O8. The van der Waals surface area contributed by atoms with Gasteiger partial charge in [0.25, 0.3) is 0 Å². The van der Waals surface area contributed by atoms with Crippen molar-refractivity contribution in [2.24, 2.45) is 0 Å². The lowest BCUT2D eigenvalue weighted by molar-refractivity contribution is 0.351. The van der Waals surface area contributed by atoms with Crippen LogP contribution in [0.4, 0.5) is 0 Å². The summed E-state index contributed by atoms with van der Waals surface area (Å²) in [7, 11) is 13.5. The van der Waals surface area contributed by atoms with E-state index in [1.165, 1.54) is 44.5 Å². The molecule has 10 nitrogen and oxygen atoms in total. The predicted octanol–water partition coefficient (Wildman–Crippen LogP) is 7.18. The Kier molecular flexibility index (Phi) is 13.0. The Morgan fingerprint density at radius 2 is 0.704 bits per heavy atom. The molecule has 0 bridgehead atoms. The van der Waals surface area contributed by atoms with Gasteiger partial charge in [0, 0.05) is 12.1 Å². The zero-order valence-corrected chi connectivity index (χ0v) is 33.1. The van der Waals surface area contributed by atoms with Crippen molar-refractivity contribution in [1.29, 1.82) is 0 Å². The van der Waals surface area contributed by atoms with E-state index < -0.39 is 0 Å². The number of fused-ring (bicyclic) bond motifs is 2. The van der Waals surface area contributed by atoms with Crippen LogP contribution in [0.5, 0.6) is 46.0 Å². The van der Waals surface area contributed by atoms with Crippen LogP contribution in [0.3, 0.4) is 0 Å². The summed E-state index contributed by atoms with van der Waals surface area (Å²) in [5, 5.41) is 7.53. The third kappa shape index (κ3) is 8.30. The SMILES string of the molecule is COc1cc(CCCCc2cc(OC)c(OC)cc2C[C@@H]2NCCc3cc(OC)c(OC)cc32)c(C[C@@H]2NCCc3cc(OC)c(OC)cc32)cc1OC. The van der Waals surface area contributed by atoms with Crippen LogP contribution < -0.4 is 48.5 Å².